The number of urea groups is 1. The molecule has 166 valence electrons. The van der Waals surface area contributed by atoms with Crippen molar-refractivity contribution in [3.63, 3.8) is 0 Å². The van der Waals surface area contributed by atoms with Gasteiger partial charge >= 0.3 is 6.03 Å². The number of nitrogens with zero attached hydrogens (tertiary/aromatic N) is 2. The van der Waals surface area contributed by atoms with E-state index in [0.29, 0.717) is 6.42 Å². The number of hydrogen-bond acceptors (Lipinski definition) is 3. The first-order chi connectivity index (χ1) is 15.1. The minimum Gasteiger partial charge on any atom is -0.368 e. The summed E-state index contributed by atoms with van der Waals surface area (Å²) in [7, 11) is 0. The van der Waals surface area contributed by atoms with Crippen LogP contribution in [0.1, 0.15) is 45.1 Å². The summed E-state index contributed by atoms with van der Waals surface area (Å²) in [5, 5.41) is 5.73. The van der Waals surface area contributed by atoms with Gasteiger partial charge in [0.15, 0.2) is 0 Å². The molecule has 0 spiro atoms. The van der Waals surface area contributed by atoms with Crippen LogP contribution in [0.5, 0.6) is 0 Å². The average molecular weight is 423 g/mol. The third kappa shape index (κ3) is 6.74. The van der Waals surface area contributed by atoms with Gasteiger partial charge in [-0.25, -0.2) is 4.79 Å². The molecule has 3 rings (SSSR count). The van der Waals surface area contributed by atoms with Crippen molar-refractivity contribution in [2.45, 2.75) is 46.0 Å². The van der Waals surface area contributed by atoms with Crippen LogP contribution < -0.4 is 15.5 Å². The highest BCUT2D eigenvalue weighted by Gasteiger charge is 2.20. The highest BCUT2D eigenvalue weighted by molar-refractivity contribution is 5.99. The Morgan fingerprint density at radius 1 is 0.806 bits per heavy atom. The minimum absolute atomic E-state index is 0.257. The van der Waals surface area contributed by atoms with Gasteiger partial charge in [0.25, 0.3) is 0 Å². The molecule has 3 amide bonds. The zero-order chi connectivity index (χ0) is 22.1. The summed E-state index contributed by atoms with van der Waals surface area (Å²) in [4.78, 5) is 28.8. The van der Waals surface area contributed by atoms with Crippen LogP contribution in [0.3, 0.4) is 0 Å². The second-order valence-electron chi connectivity index (χ2n) is 8.00. The molecule has 2 aromatic rings. The molecule has 0 bridgehead atoms. The molecule has 0 unspecified atom stereocenters. The number of rotatable bonds is 8. The van der Waals surface area contributed by atoms with Gasteiger partial charge in [0, 0.05) is 49.7 Å². The number of nitrogens with one attached hydrogen (secondary N) is 2. The predicted molar refractivity (Wildman–Crippen MR) is 128 cm³/mol. The van der Waals surface area contributed by atoms with E-state index in [2.05, 4.69) is 29.4 Å². The molecule has 0 atom stereocenters. The van der Waals surface area contributed by atoms with E-state index in [-0.39, 0.29) is 11.9 Å². The van der Waals surface area contributed by atoms with Crippen molar-refractivity contribution < 1.29 is 9.59 Å². The largest absolute Gasteiger partial charge is 0.368 e. The van der Waals surface area contributed by atoms with E-state index in [0.717, 1.165) is 68.9 Å². The Hall–Kier alpha value is -3.02. The van der Waals surface area contributed by atoms with Crippen LogP contribution in [0.4, 0.5) is 21.9 Å². The number of anilines is 3. The van der Waals surface area contributed by atoms with Gasteiger partial charge in [0.1, 0.15) is 0 Å². The number of benzene rings is 2. The lowest BCUT2D eigenvalue weighted by molar-refractivity contribution is -0.131. The van der Waals surface area contributed by atoms with E-state index < -0.39 is 0 Å². The summed E-state index contributed by atoms with van der Waals surface area (Å²) in [5.41, 5.74) is 3.87. The quantitative estimate of drug-likeness (QED) is 0.580. The molecule has 1 fully saturated rings. The summed E-state index contributed by atoms with van der Waals surface area (Å²) in [6, 6.07) is 15.5. The maximum Gasteiger partial charge on any atom is 0.323 e. The summed E-state index contributed by atoms with van der Waals surface area (Å²) in [6.07, 6.45) is 4.89. The van der Waals surface area contributed by atoms with E-state index in [9.17, 15) is 9.59 Å². The normalized spacial score (nSPS) is 13.7. The molecule has 1 saturated heterocycles. The van der Waals surface area contributed by atoms with Gasteiger partial charge in [-0.2, -0.15) is 0 Å². The summed E-state index contributed by atoms with van der Waals surface area (Å²) < 4.78 is 0. The molecule has 0 radical (unpaired) electrons. The standard InChI is InChI=1S/C25H34N4O2/c1-3-5-6-7-24(30)29-18-16-28(17-19-29)23-14-12-22(13-15-23)27-25(31)26-21-10-8-20(4-2)9-11-21/h8-15H,3-7,16-19H2,1-2H3,(H2,26,27,31). The second kappa shape index (κ2) is 11.4. The van der Waals surface area contributed by atoms with Crippen molar-refractivity contribution in [2.24, 2.45) is 0 Å². The van der Waals surface area contributed by atoms with Crippen LogP contribution in [0, 0.1) is 0 Å². The van der Waals surface area contributed by atoms with Crippen molar-refractivity contribution >= 4 is 29.0 Å². The van der Waals surface area contributed by atoms with Crippen molar-refractivity contribution in [1.29, 1.82) is 0 Å². The third-order valence-corrected chi connectivity index (χ3v) is 5.74. The van der Waals surface area contributed by atoms with Crippen LogP contribution in [-0.4, -0.2) is 43.0 Å². The van der Waals surface area contributed by atoms with Crippen molar-refractivity contribution in [2.75, 3.05) is 41.7 Å². The zero-order valence-electron chi connectivity index (χ0n) is 18.7. The maximum atomic E-state index is 12.3. The number of hydrogen-bond donors (Lipinski definition) is 2. The molecule has 2 N–H and O–H groups in total. The van der Waals surface area contributed by atoms with E-state index >= 15 is 0 Å². The number of carbonyl (C=O) groups is 2. The van der Waals surface area contributed by atoms with E-state index in [1.165, 1.54) is 5.56 Å². The van der Waals surface area contributed by atoms with Crippen LogP contribution >= 0.6 is 0 Å². The lowest BCUT2D eigenvalue weighted by atomic mass is 10.1. The smallest absolute Gasteiger partial charge is 0.323 e. The van der Waals surface area contributed by atoms with Crippen LogP contribution in [0.2, 0.25) is 0 Å². The first-order valence-electron chi connectivity index (χ1n) is 11.4. The summed E-state index contributed by atoms with van der Waals surface area (Å²) >= 11 is 0. The van der Waals surface area contributed by atoms with E-state index in [1.807, 2.05) is 53.4 Å². The fourth-order valence-corrected chi connectivity index (χ4v) is 3.77. The molecule has 1 heterocycles. The molecule has 6 heteroatoms. The molecule has 1 aliphatic rings. The first kappa shape index (κ1) is 22.7. The Kier molecular flexibility index (Phi) is 8.33. The second-order valence-corrected chi connectivity index (χ2v) is 8.00. The number of unbranched alkanes of at least 4 members (excludes halogenated alkanes) is 2. The lowest BCUT2D eigenvalue weighted by Crippen LogP contribution is -2.48. The van der Waals surface area contributed by atoms with Crippen molar-refractivity contribution in [3.05, 3.63) is 54.1 Å². The SMILES string of the molecule is CCCCCC(=O)N1CCN(c2ccc(NC(=O)Nc3ccc(CC)cc3)cc2)CC1. The van der Waals surface area contributed by atoms with Crippen LogP contribution in [0.15, 0.2) is 48.5 Å². The van der Waals surface area contributed by atoms with Gasteiger partial charge in [-0.05, 0) is 54.8 Å². The Bertz CT molecular complexity index is 841. The van der Waals surface area contributed by atoms with Crippen LogP contribution in [0.25, 0.3) is 0 Å². The molecular weight excluding hydrogens is 388 g/mol. The molecule has 0 saturated carbocycles. The number of amides is 3. The number of piperazine rings is 1. The van der Waals surface area contributed by atoms with Crippen molar-refractivity contribution in [3.8, 4) is 0 Å². The predicted octanol–water partition coefficient (Wildman–Crippen LogP) is 5.12. The van der Waals surface area contributed by atoms with E-state index in [1.54, 1.807) is 0 Å². The Labute approximate surface area is 185 Å². The minimum atomic E-state index is -0.257. The molecule has 31 heavy (non-hydrogen) atoms. The Morgan fingerprint density at radius 3 is 1.94 bits per heavy atom. The number of carbonyl (C=O) groups excluding carboxylic acids is 2. The van der Waals surface area contributed by atoms with Crippen LogP contribution in [-0.2, 0) is 11.2 Å². The van der Waals surface area contributed by atoms with Gasteiger partial charge in [0.05, 0.1) is 0 Å². The maximum absolute atomic E-state index is 12.3. The van der Waals surface area contributed by atoms with Gasteiger partial charge < -0.3 is 20.4 Å². The monoisotopic (exact) mass is 422 g/mol. The molecule has 1 aliphatic heterocycles. The van der Waals surface area contributed by atoms with E-state index in [4.69, 9.17) is 0 Å². The Morgan fingerprint density at radius 2 is 1.39 bits per heavy atom. The third-order valence-electron chi connectivity index (χ3n) is 5.74. The molecule has 2 aromatic carbocycles. The highest BCUT2D eigenvalue weighted by atomic mass is 16.2. The molecular formula is C25H34N4O2. The molecule has 0 aromatic heterocycles. The summed E-state index contributed by atoms with van der Waals surface area (Å²) in [6.45, 7) is 7.46. The van der Waals surface area contributed by atoms with Gasteiger partial charge in [0.2, 0.25) is 5.91 Å². The molecule has 0 aliphatic carbocycles. The highest BCUT2D eigenvalue weighted by Crippen LogP contribution is 2.20. The average Bonchev–Trinajstić information content (AvgIpc) is 2.80. The number of aryl methyl sites for hydroxylation is 1. The Balaban J connectivity index is 1.45. The molecule has 6 nitrogen and oxygen atoms in total. The zero-order valence-corrected chi connectivity index (χ0v) is 18.7. The van der Waals surface area contributed by atoms with Crippen molar-refractivity contribution in [1.82, 2.24) is 4.90 Å². The fourth-order valence-electron chi connectivity index (χ4n) is 3.77. The lowest BCUT2D eigenvalue weighted by Gasteiger charge is -2.36. The fraction of sp³-hybridized carbons (Fsp3) is 0.440. The topological polar surface area (TPSA) is 64.7 Å². The van der Waals surface area contributed by atoms with Gasteiger partial charge in [-0.15, -0.1) is 0 Å². The van der Waals surface area contributed by atoms with Gasteiger partial charge in [-0.1, -0.05) is 38.8 Å². The summed E-state index contributed by atoms with van der Waals surface area (Å²) in [5.74, 6) is 0.281. The van der Waals surface area contributed by atoms with Gasteiger partial charge in [-0.3, -0.25) is 4.79 Å². The first-order valence-corrected chi connectivity index (χ1v) is 11.4.